The van der Waals surface area contributed by atoms with Gasteiger partial charge in [-0.25, -0.2) is 9.69 Å². The van der Waals surface area contributed by atoms with E-state index in [1.54, 1.807) is 18.2 Å². The smallest absolute Gasteiger partial charge is 0.336 e. The molecule has 8 heteroatoms. The maximum atomic E-state index is 13.4. The highest BCUT2D eigenvalue weighted by atomic mass is 16.5. The number of rotatable bonds is 4. The van der Waals surface area contributed by atoms with Crippen molar-refractivity contribution in [1.29, 1.82) is 0 Å². The summed E-state index contributed by atoms with van der Waals surface area (Å²) in [4.78, 5) is 42.0. The van der Waals surface area contributed by atoms with Crippen LogP contribution in [0, 0.1) is 6.92 Å². The third kappa shape index (κ3) is 4.05. The molecule has 2 heterocycles. The molecule has 4 amide bonds. The molecule has 1 N–H and O–H groups in total. The van der Waals surface area contributed by atoms with Crippen LogP contribution in [0.3, 0.4) is 0 Å². The number of allylic oxidation sites excluding steroid dienone is 1. The fraction of sp³-hybridized carbons (Fsp3) is 0.296. The van der Waals surface area contributed by atoms with E-state index in [4.69, 9.17) is 9.47 Å². The number of aryl methyl sites for hydroxylation is 1. The zero-order chi connectivity index (χ0) is 25.7. The van der Waals surface area contributed by atoms with Gasteiger partial charge in [-0.2, -0.15) is 0 Å². The molecule has 0 unspecified atom stereocenters. The number of hydrogen-bond donors (Lipinski definition) is 1. The Kier molecular flexibility index (Phi) is 5.92. The average molecular weight is 476 g/mol. The number of imide groups is 2. The number of barbiturate groups is 1. The van der Waals surface area contributed by atoms with Gasteiger partial charge in [-0.05, 0) is 74.7 Å². The monoisotopic (exact) mass is 475 g/mol. The van der Waals surface area contributed by atoms with E-state index in [-0.39, 0.29) is 22.5 Å². The van der Waals surface area contributed by atoms with Gasteiger partial charge in [0.25, 0.3) is 11.8 Å². The van der Waals surface area contributed by atoms with Crippen molar-refractivity contribution in [2.24, 2.45) is 0 Å². The minimum absolute atomic E-state index is 0.138. The molecule has 2 aromatic rings. The summed E-state index contributed by atoms with van der Waals surface area (Å²) in [5, 5.41) is 2.27. The summed E-state index contributed by atoms with van der Waals surface area (Å²) >= 11 is 0. The number of carbonyl (C=O) groups excluding carboxylic acids is 3. The van der Waals surface area contributed by atoms with Crippen LogP contribution in [0.15, 0.2) is 42.0 Å². The highest BCUT2D eigenvalue weighted by Gasteiger charge is 2.38. The SMILES string of the molecule is COc1ccc(N2C(=O)NC(=O)/C(=C/c3cc4c(cc3C)N(C)C(C)(C)C=C4C)C2=O)c(OC)c1. The third-order valence-corrected chi connectivity index (χ3v) is 6.63. The minimum atomic E-state index is -0.842. The van der Waals surface area contributed by atoms with Gasteiger partial charge in [0.1, 0.15) is 17.1 Å². The molecule has 0 bridgehead atoms. The van der Waals surface area contributed by atoms with E-state index in [1.165, 1.54) is 20.3 Å². The number of nitrogens with one attached hydrogen (secondary N) is 1. The summed E-state index contributed by atoms with van der Waals surface area (Å²) in [5.74, 6) is -0.710. The molecule has 0 saturated carbocycles. The van der Waals surface area contributed by atoms with Crippen molar-refractivity contribution < 1.29 is 23.9 Å². The van der Waals surface area contributed by atoms with Crippen molar-refractivity contribution >= 4 is 40.9 Å². The first kappa shape index (κ1) is 24.1. The molecule has 1 fully saturated rings. The number of hydrogen-bond acceptors (Lipinski definition) is 6. The number of amides is 4. The average Bonchev–Trinajstić information content (AvgIpc) is 2.80. The summed E-state index contributed by atoms with van der Waals surface area (Å²) in [5.41, 5.74) is 4.77. The van der Waals surface area contributed by atoms with Crippen molar-refractivity contribution in [3.8, 4) is 11.5 Å². The largest absolute Gasteiger partial charge is 0.497 e. The second-order valence-corrected chi connectivity index (χ2v) is 9.26. The molecule has 182 valence electrons. The van der Waals surface area contributed by atoms with E-state index in [0.717, 1.165) is 32.9 Å². The fourth-order valence-electron chi connectivity index (χ4n) is 4.47. The zero-order valence-electron chi connectivity index (χ0n) is 21.0. The van der Waals surface area contributed by atoms with Crippen molar-refractivity contribution in [3.05, 3.63) is 58.7 Å². The van der Waals surface area contributed by atoms with Gasteiger partial charge >= 0.3 is 6.03 Å². The van der Waals surface area contributed by atoms with E-state index in [2.05, 4.69) is 43.1 Å². The Morgan fingerprint density at radius 2 is 1.69 bits per heavy atom. The lowest BCUT2D eigenvalue weighted by atomic mass is 9.87. The summed E-state index contributed by atoms with van der Waals surface area (Å²) < 4.78 is 10.6. The lowest BCUT2D eigenvalue weighted by molar-refractivity contribution is -0.122. The normalized spacial score (nSPS) is 18.3. The summed E-state index contributed by atoms with van der Waals surface area (Å²) in [7, 11) is 4.98. The molecule has 2 aliphatic rings. The molecule has 1 saturated heterocycles. The molecule has 0 radical (unpaired) electrons. The molecule has 0 aromatic heterocycles. The van der Waals surface area contributed by atoms with Gasteiger partial charge in [0.15, 0.2) is 0 Å². The highest BCUT2D eigenvalue weighted by Crippen LogP contribution is 2.40. The van der Waals surface area contributed by atoms with Gasteiger partial charge in [0.05, 0.1) is 25.4 Å². The Labute approximate surface area is 204 Å². The molecular formula is C27H29N3O5. The third-order valence-electron chi connectivity index (χ3n) is 6.63. The number of methoxy groups -OCH3 is 2. The summed E-state index contributed by atoms with van der Waals surface area (Å²) in [6, 6.07) is 7.91. The van der Waals surface area contributed by atoms with Crippen LogP contribution < -0.4 is 24.6 Å². The van der Waals surface area contributed by atoms with Crippen molar-refractivity contribution in [1.82, 2.24) is 5.32 Å². The van der Waals surface area contributed by atoms with Crippen LogP contribution in [-0.2, 0) is 9.59 Å². The number of carbonyl (C=O) groups is 3. The molecule has 4 rings (SSSR count). The predicted molar refractivity (Wildman–Crippen MR) is 136 cm³/mol. The Bertz CT molecular complexity index is 1320. The maximum absolute atomic E-state index is 13.4. The van der Waals surface area contributed by atoms with E-state index in [1.807, 2.05) is 20.0 Å². The van der Waals surface area contributed by atoms with Crippen LogP contribution in [0.25, 0.3) is 11.6 Å². The number of benzene rings is 2. The van der Waals surface area contributed by atoms with Gasteiger partial charge in [-0.15, -0.1) is 0 Å². The van der Waals surface area contributed by atoms with Crippen LogP contribution in [-0.4, -0.2) is 44.7 Å². The fourth-order valence-corrected chi connectivity index (χ4v) is 4.47. The minimum Gasteiger partial charge on any atom is -0.497 e. The van der Waals surface area contributed by atoms with Crippen LogP contribution in [0.2, 0.25) is 0 Å². The van der Waals surface area contributed by atoms with Gasteiger partial charge in [-0.1, -0.05) is 6.08 Å². The molecule has 0 spiro atoms. The molecule has 2 aliphatic heterocycles. The van der Waals surface area contributed by atoms with Crippen molar-refractivity contribution in [2.45, 2.75) is 33.2 Å². The van der Waals surface area contributed by atoms with Crippen molar-refractivity contribution in [2.75, 3.05) is 31.1 Å². The van der Waals surface area contributed by atoms with Crippen LogP contribution in [0.1, 0.15) is 37.5 Å². The zero-order valence-corrected chi connectivity index (χ0v) is 21.0. The molecule has 0 atom stereocenters. The maximum Gasteiger partial charge on any atom is 0.336 e. The molecule has 0 aliphatic carbocycles. The first-order valence-corrected chi connectivity index (χ1v) is 11.2. The Balaban J connectivity index is 1.80. The van der Waals surface area contributed by atoms with E-state index >= 15 is 0 Å². The summed E-state index contributed by atoms with van der Waals surface area (Å²) in [6.07, 6.45) is 3.73. The number of likely N-dealkylation sites (N-methyl/N-ethyl adjacent to an activating group) is 1. The quantitative estimate of drug-likeness (QED) is 0.524. The van der Waals surface area contributed by atoms with E-state index in [9.17, 15) is 14.4 Å². The second-order valence-electron chi connectivity index (χ2n) is 9.26. The van der Waals surface area contributed by atoms with Crippen LogP contribution >= 0.6 is 0 Å². The molecular weight excluding hydrogens is 446 g/mol. The van der Waals surface area contributed by atoms with Gasteiger partial charge < -0.3 is 14.4 Å². The Morgan fingerprint density at radius 1 is 0.971 bits per heavy atom. The second kappa shape index (κ2) is 8.61. The van der Waals surface area contributed by atoms with Gasteiger partial charge in [0.2, 0.25) is 0 Å². The molecule has 2 aromatic carbocycles. The Morgan fingerprint density at radius 3 is 2.34 bits per heavy atom. The van der Waals surface area contributed by atoms with Gasteiger partial charge in [0, 0.05) is 24.4 Å². The predicted octanol–water partition coefficient (Wildman–Crippen LogP) is 4.31. The van der Waals surface area contributed by atoms with Crippen LogP contribution in [0.5, 0.6) is 11.5 Å². The number of urea groups is 1. The van der Waals surface area contributed by atoms with E-state index in [0.29, 0.717) is 5.75 Å². The first-order valence-electron chi connectivity index (χ1n) is 11.2. The number of anilines is 2. The lowest BCUT2D eigenvalue weighted by Crippen LogP contribution is -2.54. The van der Waals surface area contributed by atoms with Crippen molar-refractivity contribution in [3.63, 3.8) is 0 Å². The highest BCUT2D eigenvalue weighted by molar-refractivity contribution is 6.39. The number of ether oxygens (including phenoxy) is 2. The first-order chi connectivity index (χ1) is 16.5. The molecule has 35 heavy (non-hydrogen) atoms. The molecule has 8 nitrogen and oxygen atoms in total. The lowest BCUT2D eigenvalue weighted by Gasteiger charge is -2.41. The van der Waals surface area contributed by atoms with Gasteiger partial charge in [-0.3, -0.25) is 14.9 Å². The summed E-state index contributed by atoms with van der Waals surface area (Å²) in [6.45, 7) is 8.28. The van der Waals surface area contributed by atoms with E-state index < -0.39 is 17.8 Å². The number of nitrogens with zero attached hydrogens (tertiary/aromatic N) is 2. The topological polar surface area (TPSA) is 88.2 Å². The number of fused-ring (bicyclic) bond motifs is 1. The Hall–Kier alpha value is -4.07. The standard InChI is InChI=1S/C27H29N3O5/c1-15-10-22-19(16(2)14-27(3,4)29(22)5)11-17(15)12-20-24(31)28-26(33)30(25(20)32)21-9-8-18(34-6)13-23(21)35-7/h8-14H,1-7H3,(H,28,31,33)/b20-12-. The van der Waals surface area contributed by atoms with Crippen LogP contribution in [0.4, 0.5) is 16.2 Å².